The van der Waals surface area contributed by atoms with Gasteiger partial charge in [-0.05, 0) is 66.9 Å². The van der Waals surface area contributed by atoms with Crippen LogP contribution in [0.1, 0.15) is 22.3 Å². The molecule has 230 valence electrons. The number of benzene rings is 6. The third kappa shape index (κ3) is 4.29. The van der Waals surface area contributed by atoms with E-state index < -0.39 is 11.7 Å². The predicted molar refractivity (Wildman–Crippen MR) is 186 cm³/mol. The van der Waals surface area contributed by atoms with E-state index in [1.807, 2.05) is 68.4 Å². The molecule has 0 saturated heterocycles. The van der Waals surface area contributed by atoms with Crippen LogP contribution in [0.2, 0.25) is 0 Å². The topological polar surface area (TPSA) is 38.0 Å². The van der Waals surface area contributed by atoms with Gasteiger partial charge in [0.2, 0.25) is 0 Å². The highest BCUT2D eigenvalue weighted by atomic mass is 19.4. The molecule has 0 fully saturated rings. The number of fused-ring (bicyclic) bond motifs is 6. The predicted octanol–water partition coefficient (Wildman–Crippen LogP) is 11.6. The van der Waals surface area contributed by atoms with E-state index in [0.29, 0.717) is 11.4 Å². The summed E-state index contributed by atoms with van der Waals surface area (Å²) < 4.78 is 48.0. The Kier molecular flexibility index (Phi) is 6.44. The van der Waals surface area contributed by atoms with E-state index in [-0.39, 0.29) is 22.4 Å². The number of rotatable bonds is 3. The van der Waals surface area contributed by atoms with Crippen molar-refractivity contribution in [3.05, 3.63) is 149 Å². The molecule has 0 N–H and O–H groups in total. The second-order valence-corrected chi connectivity index (χ2v) is 12.1. The molecule has 6 aromatic carbocycles. The lowest BCUT2D eigenvalue weighted by molar-refractivity contribution is -0.137. The van der Waals surface area contributed by atoms with Crippen molar-refractivity contribution in [3.63, 3.8) is 0 Å². The second-order valence-electron chi connectivity index (χ2n) is 12.1. The van der Waals surface area contributed by atoms with E-state index in [1.165, 1.54) is 12.1 Å². The minimum absolute atomic E-state index is 0.0332. The van der Waals surface area contributed by atoms with Gasteiger partial charge < -0.3 is 9.13 Å². The van der Waals surface area contributed by atoms with Gasteiger partial charge in [-0.25, -0.2) is 4.85 Å². The zero-order valence-corrected chi connectivity index (χ0v) is 25.9. The summed E-state index contributed by atoms with van der Waals surface area (Å²) >= 11 is 0. The molecule has 8 rings (SSSR count). The number of para-hydroxylation sites is 2. The molecule has 2 heterocycles. The van der Waals surface area contributed by atoms with Gasteiger partial charge in [0.1, 0.15) is 0 Å². The summed E-state index contributed by atoms with van der Waals surface area (Å²) in [6.07, 6.45) is -4.75. The molecule has 48 heavy (non-hydrogen) atoms. The van der Waals surface area contributed by atoms with Crippen molar-refractivity contribution in [2.75, 3.05) is 0 Å². The summed E-state index contributed by atoms with van der Waals surface area (Å²) in [5.74, 6) is 0. The van der Waals surface area contributed by atoms with Crippen molar-refractivity contribution in [2.24, 2.45) is 0 Å². The van der Waals surface area contributed by atoms with E-state index in [9.17, 15) is 18.4 Å². The quantitative estimate of drug-likeness (QED) is 0.179. The summed E-state index contributed by atoms with van der Waals surface area (Å²) in [5.41, 5.74) is 5.45. The lowest BCUT2D eigenvalue weighted by Crippen LogP contribution is -2.09. The number of aromatic nitrogens is 2. The second kappa shape index (κ2) is 10.6. The van der Waals surface area contributed by atoms with Gasteiger partial charge in [-0.15, -0.1) is 0 Å². The Bertz CT molecular complexity index is 2710. The summed E-state index contributed by atoms with van der Waals surface area (Å²) in [5, 5.41) is 14.6. The van der Waals surface area contributed by atoms with Crippen LogP contribution in [0.25, 0.3) is 71.0 Å². The van der Waals surface area contributed by atoms with E-state index >= 15 is 0 Å². The van der Waals surface area contributed by atoms with Crippen LogP contribution < -0.4 is 0 Å². The average molecular weight is 631 g/mol. The third-order valence-electron chi connectivity index (χ3n) is 9.11. The van der Waals surface area contributed by atoms with Crippen LogP contribution in [0.3, 0.4) is 0 Å². The number of alkyl halides is 3. The number of aryl methyl sites for hydroxylation is 2. The molecular formula is C41H25F3N4. The molecule has 0 unspecified atom stereocenters. The summed E-state index contributed by atoms with van der Waals surface area (Å²) in [4.78, 5) is 3.49. The molecule has 0 spiro atoms. The summed E-state index contributed by atoms with van der Waals surface area (Å²) in [6, 6.07) is 37.4. The molecule has 8 aromatic rings. The van der Waals surface area contributed by atoms with Gasteiger partial charge in [0.15, 0.2) is 5.69 Å². The molecule has 0 bridgehead atoms. The van der Waals surface area contributed by atoms with Gasteiger partial charge in [-0.3, -0.25) is 0 Å². The van der Waals surface area contributed by atoms with Crippen molar-refractivity contribution in [1.82, 2.24) is 9.13 Å². The molecular weight excluding hydrogens is 605 g/mol. The van der Waals surface area contributed by atoms with E-state index in [0.717, 1.165) is 60.8 Å². The van der Waals surface area contributed by atoms with E-state index in [2.05, 4.69) is 50.4 Å². The monoisotopic (exact) mass is 630 g/mol. The summed E-state index contributed by atoms with van der Waals surface area (Å²) in [6.45, 7) is 11.8. The Labute approximate surface area is 273 Å². The molecule has 0 radical (unpaired) electrons. The number of halogens is 3. The highest BCUT2D eigenvalue weighted by Crippen LogP contribution is 2.46. The van der Waals surface area contributed by atoms with E-state index in [1.54, 1.807) is 12.1 Å². The van der Waals surface area contributed by atoms with Gasteiger partial charge in [0.25, 0.3) is 0 Å². The standard InChI is InChI=1S/C41H25F3N4/c1-24-15-17-29-27-9-4-6-13-34(27)47(36(29)19-24)38-21-26(23-45)31(40-32(41(42,43)44)11-8-12-33(40)46-3)22-39(38)48-35-14-7-5-10-28(35)30-18-16-25(2)20-37(30)48/h4-22H,1-2H3. The molecule has 0 aliphatic rings. The highest BCUT2D eigenvalue weighted by Gasteiger charge is 2.36. The maximum absolute atomic E-state index is 14.6. The Balaban J connectivity index is 1.62. The van der Waals surface area contributed by atoms with Crippen LogP contribution in [-0.4, -0.2) is 9.13 Å². The first kappa shape index (κ1) is 29.1. The lowest BCUT2D eigenvalue weighted by atomic mass is 9.92. The Morgan fingerprint density at radius 2 is 1.15 bits per heavy atom. The van der Waals surface area contributed by atoms with Gasteiger partial charge in [-0.1, -0.05) is 78.9 Å². The normalized spacial score (nSPS) is 11.8. The Hall–Kier alpha value is -6.31. The van der Waals surface area contributed by atoms with Crippen molar-refractivity contribution in [3.8, 4) is 28.6 Å². The molecule has 0 saturated carbocycles. The smallest absolute Gasteiger partial charge is 0.307 e. The first-order valence-electron chi connectivity index (χ1n) is 15.4. The van der Waals surface area contributed by atoms with Crippen LogP contribution in [-0.2, 0) is 6.18 Å². The van der Waals surface area contributed by atoms with Crippen molar-refractivity contribution in [2.45, 2.75) is 20.0 Å². The fraction of sp³-hybridized carbons (Fsp3) is 0.0732. The molecule has 0 aliphatic heterocycles. The van der Waals surface area contributed by atoms with Crippen LogP contribution in [0.5, 0.6) is 0 Å². The first-order valence-corrected chi connectivity index (χ1v) is 15.4. The third-order valence-corrected chi connectivity index (χ3v) is 9.11. The van der Waals surface area contributed by atoms with Crippen LogP contribution >= 0.6 is 0 Å². The molecule has 0 aliphatic carbocycles. The van der Waals surface area contributed by atoms with Gasteiger partial charge in [0.05, 0.1) is 57.2 Å². The zero-order chi connectivity index (χ0) is 33.3. The Morgan fingerprint density at radius 1 is 0.625 bits per heavy atom. The van der Waals surface area contributed by atoms with Gasteiger partial charge in [-0.2, -0.15) is 18.4 Å². The zero-order valence-electron chi connectivity index (χ0n) is 25.9. The highest BCUT2D eigenvalue weighted by molar-refractivity contribution is 6.12. The van der Waals surface area contributed by atoms with Crippen LogP contribution in [0.15, 0.2) is 115 Å². The Morgan fingerprint density at radius 3 is 1.67 bits per heavy atom. The van der Waals surface area contributed by atoms with Crippen molar-refractivity contribution in [1.29, 1.82) is 5.26 Å². The SMILES string of the molecule is [C-]#[N+]c1cccc(C(F)(F)F)c1-c1cc(-n2c3ccccc3c3ccc(C)cc32)c(-n2c3ccccc3c3ccc(C)cc32)cc1C#N. The minimum Gasteiger partial charge on any atom is -0.307 e. The number of nitriles is 1. The fourth-order valence-corrected chi connectivity index (χ4v) is 7.07. The van der Waals surface area contributed by atoms with Crippen LogP contribution in [0.4, 0.5) is 18.9 Å². The molecule has 7 heteroatoms. The molecule has 2 aromatic heterocycles. The molecule has 0 amide bonds. The minimum atomic E-state index is -4.75. The van der Waals surface area contributed by atoms with Crippen LogP contribution in [0, 0.1) is 31.8 Å². The fourth-order valence-electron chi connectivity index (χ4n) is 7.07. The number of nitrogens with zero attached hydrogens (tertiary/aromatic N) is 4. The maximum Gasteiger partial charge on any atom is 0.415 e. The van der Waals surface area contributed by atoms with Crippen molar-refractivity contribution < 1.29 is 13.2 Å². The van der Waals surface area contributed by atoms with Gasteiger partial charge in [0, 0.05) is 27.1 Å². The molecule has 4 nitrogen and oxygen atoms in total. The largest absolute Gasteiger partial charge is 0.415 e. The first-order chi connectivity index (χ1) is 23.2. The lowest BCUT2D eigenvalue weighted by Gasteiger charge is -2.21. The summed E-state index contributed by atoms with van der Waals surface area (Å²) in [7, 11) is 0. The average Bonchev–Trinajstić information content (AvgIpc) is 3.58. The van der Waals surface area contributed by atoms with Gasteiger partial charge >= 0.3 is 6.18 Å². The molecule has 0 atom stereocenters. The number of hydrogen-bond acceptors (Lipinski definition) is 1. The van der Waals surface area contributed by atoms with Crippen molar-refractivity contribution >= 4 is 49.3 Å². The number of hydrogen-bond donors (Lipinski definition) is 0. The maximum atomic E-state index is 14.6. The van der Waals surface area contributed by atoms with E-state index in [4.69, 9.17) is 6.57 Å².